The van der Waals surface area contributed by atoms with Crippen LogP contribution in [0.25, 0.3) is 5.52 Å². The molecule has 7 nitrogen and oxygen atoms in total. The van der Waals surface area contributed by atoms with Crippen LogP contribution in [0.15, 0.2) is 48.7 Å². The molecular formula is C19H17FN6OS. The van der Waals surface area contributed by atoms with Crippen LogP contribution in [0.2, 0.25) is 0 Å². The number of aromatic nitrogens is 5. The van der Waals surface area contributed by atoms with Gasteiger partial charge in [-0.15, -0.1) is 16.9 Å². The molecule has 0 radical (unpaired) electrons. The van der Waals surface area contributed by atoms with Crippen molar-refractivity contribution >= 4 is 28.9 Å². The van der Waals surface area contributed by atoms with Crippen LogP contribution in [0.5, 0.6) is 0 Å². The van der Waals surface area contributed by atoms with Gasteiger partial charge >= 0.3 is 0 Å². The summed E-state index contributed by atoms with van der Waals surface area (Å²) < 4.78 is 21.4. The maximum Gasteiger partial charge on any atom is 0.201 e. The first-order chi connectivity index (χ1) is 13.6. The van der Waals surface area contributed by atoms with Gasteiger partial charge < -0.3 is 10.1 Å². The monoisotopic (exact) mass is 396 g/mol. The number of rotatable bonds is 4. The van der Waals surface area contributed by atoms with Crippen molar-refractivity contribution in [2.24, 2.45) is 0 Å². The van der Waals surface area contributed by atoms with Crippen molar-refractivity contribution in [2.45, 2.75) is 11.9 Å². The number of nitrogens with one attached hydrogen (secondary N) is 2. The zero-order valence-corrected chi connectivity index (χ0v) is 15.8. The fourth-order valence-corrected chi connectivity index (χ4v) is 4.42. The molecule has 1 unspecified atom stereocenters. The first kappa shape index (κ1) is 17.2. The summed E-state index contributed by atoms with van der Waals surface area (Å²) in [4.78, 5) is 3.91. The molecule has 3 aromatic heterocycles. The smallest absolute Gasteiger partial charge is 0.201 e. The number of halogens is 1. The molecule has 1 aromatic carbocycles. The van der Waals surface area contributed by atoms with E-state index in [2.05, 4.69) is 15.5 Å². The predicted molar refractivity (Wildman–Crippen MR) is 105 cm³/mol. The molecule has 9 heteroatoms. The Labute approximate surface area is 164 Å². The molecule has 1 atom stereocenters. The maximum atomic E-state index is 13.5. The fourth-order valence-electron chi connectivity index (χ4n) is 3.28. The largest absolute Gasteiger partial charge is 0.352 e. The van der Waals surface area contributed by atoms with Crippen LogP contribution < -0.4 is 5.32 Å². The zero-order chi connectivity index (χ0) is 19.1. The van der Waals surface area contributed by atoms with Gasteiger partial charge in [-0.05, 0) is 31.2 Å². The molecule has 1 aliphatic rings. The first-order valence-electron chi connectivity index (χ1n) is 8.83. The number of hydrogen-bond donors (Lipinski definition) is 2. The Morgan fingerprint density at radius 1 is 1.29 bits per heavy atom. The van der Waals surface area contributed by atoms with Gasteiger partial charge in [-0.3, -0.25) is 5.10 Å². The summed E-state index contributed by atoms with van der Waals surface area (Å²) >= 11 is 1.60. The molecule has 1 aliphatic heterocycles. The summed E-state index contributed by atoms with van der Waals surface area (Å²) in [6, 6.07) is 12.0. The number of ether oxygens (including phenoxy) is 1. The normalized spacial score (nSPS) is 19.4. The maximum absolute atomic E-state index is 13.5. The number of thioether (sulfide) groups is 1. The molecule has 142 valence electrons. The summed E-state index contributed by atoms with van der Waals surface area (Å²) in [7, 11) is 0. The lowest BCUT2D eigenvalue weighted by atomic mass is 10.1. The van der Waals surface area contributed by atoms with E-state index in [9.17, 15) is 4.39 Å². The second-order valence-corrected chi connectivity index (χ2v) is 7.78. The van der Waals surface area contributed by atoms with Gasteiger partial charge in [0.2, 0.25) is 4.93 Å². The summed E-state index contributed by atoms with van der Waals surface area (Å²) in [5.41, 5.74) is 2.58. The Morgan fingerprint density at radius 2 is 2.14 bits per heavy atom. The van der Waals surface area contributed by atoms with E-state index in [-0.39, 0.29) is 5.82 Å². The van der Waals surface area contributed by atoms with E-state index in [1.165, 1.54) is 12.1 Å². The van der Waals surface area contributed by atoms with E-state index in [0.717, 1.165) is 22.5 Å². The Kier molecular flexibility index (Phi) is 4.06. The number of aryl methyl sites for hydroxylation is 1. The molecule has 28 heavy (non-hydrogen) atoms. The van der Waals surface area contributed by atoms with Crippen LogP contribution in [0.3, 0.4) is 0 Å². The van der Waals surface area contributed by atoms with Crippen LogP contribution in [-0.4, -0.2) is 37.2 Å². The lowest BCUT2D eigenvalue weighted by Gasteiger charge is -2.26. The molecule has 0 bridgehead atoms. The Bertz CT molecular complexity index is 1130. The number of nitrogens with zero attached hydrogens (tertiary/aromatic N) is 4. The summed E-state index contributed by atoms with van der Waals surface area (Å²) in [5.74, 6) is 2.30. The van der Waals surface area contributed by atoms with Crippen LogP contribution in [0, 0.1) is 12.7 Å². The fraction of sp³-hybridized carbons (Fsp3) is 0.211. The molecular weight excluding hydrogens is 379 g/mol. The number of aromatic amines is 1. The number of hydrogen-bond acceptors (Lipinski definition) is 6. The van der Waals surface area contributed by atoms with Crippen molar-refractivity contribution in [1.29, 1.82) is 0 Å². The highest BCUT2D eigenvalue weighted by Gasteiger charge is 2.43. The van der Waals surface area contributed by atoms with Gasteiger partial charge in [-0.1, -0.05) is 12.1 Å². The molecule has 2 N–H and O–H groups in total. The Balaban J connectivity index is 1.65. The molecule has 0 saturated carbocycles. The van der Waals surface area contributed by atoms with Crippen LogP contribution in [0.1, 0.15) is 17.1 Å². The van der Waals surface area contributed by atoms with Crippen molar-refractivity contribution < 1.29 is 9.13 Å². The number of H-pyrrole nitrogens is 1. The molecule has 0 spiro atoms. The van der Waals surface area contributed by atoms with Crippen LogP contribution in [-0.2, 0) is 9.67 Å². The van der Waals surface area contributed by atoms with Crippen molar-refractivity contribution in [3.05, 3.63) is 71.6 Å². The van der Waals surface area contributed by atoms with Gasteiger partial charge in [0.15, 0.2) is 17.5 Å². The standard InChI is InChI=1S/C19H17FN6OS/c1-12-11-16(24-23-12)21-17-15-3-2-8-26(15)25-18(22-17)19(27-9-10-28-19)13-4-6-14(20)7-5-13/h2-8,11H,9-10H2,1H3,(H2,21,22,23,24,25). The van der Waals surface area contributed by atoms with Gasteiger partial charge in [-0.25, -0.2) is 13.9 Å². The SMILES string of the molecule is Cc1cc(Nc2nc(C3(c4ccc(F)cc4)OCCS3)nn3cccc23)n[nH]1. The van der Waals surface area contributed by atoms with Crippen molar-refractivity contribution in [3.63, 3.8) is 0 Å². The predicted octanol–water partition coefficient (Wildman–Crippen LogP) is 3.61. The third-order valence-corrected chi connectivity index (χ3v) is 5.87. The average molecular weight is 396 g/mol. The molecule has 0 aliphatic carbocycles. The van der Waals surface area contributed by atoms with E-state index in [0.29, 0.717) is 24.1 Å². The minimum absolute atomic E-state index is 0.292. The van der Waals surface area contributed by atoms with Crippen LogP contribution in [0.4, 0.5) is 16.0 Å². The highest BCUT2D eigenvalue weighted by atomic mass is 32.2. The topological polar surface area (TPSA) is 80.1 Å². The Hall–Kier alpha value is -2.91. The number of fused-ring (bicyclic) bond motifs is 1. The summed E-state index contributed by atoms with van der Waals surface area (Å²) in [6.07, 6.45) is 1.86. The molecule has 0 amide bonds. The summed E-state index contributed by atoms with van der Waals surface area (Å²) in [5, 5.41) is 15.1. The lowest BCUT2D eigenvalue weighted by molar-refractivity contribution is 0.0731. The quantitative estimate of drug-likeness (QED) is 0.549. The lowest BCUT2D eigenvalue weighted by Crippen LogP contribution is -2.27. The van der Waals surface area contributed by atoms with Gasteiger partial charge in [0.05, 0.1) is 6.61 Å². The van der Waals surface area contributed by atoms with E-state index in [1.807, 2.05) is 31.3 Å². The minimum Gasteiger partial charge on any atom is -0.352 e. The second kappa shape index (κ2) is 6.61. The molecule has 4 heterocycles. The third kappa shape index (κ3) is 2.83. The molecule has 1 saturated heterocycles. The first-order valence-corrected chi connectivity index (χ1v) is 9.81. The molecule has 4 aromatic rings. The highest BCUT2D eigenvalue weighted by Crippen LogP contribution is 2.46. The van der Waals surface area contributed by atoms with Gasteiger partial charge in [0.1, 0.15) is 11.3 Å². The van der Waals surface area contributed by atoms with Gasteiger partial charge in [0, 0.05) is 29.3 Å². The van der Waals surface area contributed by atoms with Gasteiger partial charge in [0.25, 0.3) is 0 Å². The number of anilines is 2. The highest BCUT2D eigenvalue weighted by molar-refractivity contribution is 8.00. The second-order valence-electron chi connectivity index (χ2n) is 6.50. The minimum atomic E-state index is -0.885. The van der Waals surface area contributed by atoms with Gasteiger partial charge in [-0.2, -0.15) is 5.10 Å². The average Bonchev–Trinajstić information content (AvgIpc) is 3.43. The van der Waals surface area contributed by atoms with E-state index < -0.39 is 4.93 Å². The third-order valence-electron chi connectivity index (χ3n) is 4.56. The van der Waals surface area contributed by atoms with Crippen LogP contribution >= 0.6 is 11.8 Å². The van der Waals surface area contributed by atoms with Crippen molar-refractivity contribution in [1.82, 2.24) is 24.8 Å². The van der Waals surface area contributed by atoms with E-state index in [1.54, 1.807) is 28.4 Å². The Morgan fingerprint density at radius 3 is 2.86 bits per heavy atom. The van der Waals surface area contributed by atoms with Crippen molar-refractivity contribution in [3.8, 4) is 0 Å². The number of benzene rings is 1. The summed E-state index contributed by atoms with van der Waals surface area (Å²) in [6.45, 7) is 2.50. The zero-order valence-electron chi connectivity index (χ0n) is 15.0. The van der Waals surface area contributed by atoms with E-state index >= 15 is 0 Å². The molecule has 5 rings (SSSR count). The van der Waals surface area contributed by atoms with Crippen molar-refractivity contribution in [2.75, 3.05) is 17.7 Å². The molecule has 1 fully saturated rings. The van der Waals surface area contributed by atoms with E-state index in [4.69, 9.17) is 14.8 Å².